The van der Waals surface area contributed by atoms with E-state index in [4.69, 9.17) is 4.74 Å². The first-order chi connectivity index (χ1) is 10.7. The highest BCUT2D eigenvalue weighted by atomic mass is 32.1. The highest BCUT2D eigenvalue weighted by molar-refractivity contribution is 7.11. The van der Waals surface area contributed by atoms with E-state index in [0.717, 1.165) is 38.5 Å². The number of aryl methyl sites for hydroxylation is 2. The van der Waals surface area contributed by atoms with E-state index in [-0.39, 0.29) is 0 Å². The fourth-order valence-electron chi connectivity index (χ4n) is 2.96. The van der Waals surface area contributed by atoms with Gasteiger partial charge >= 0.3 is 0 Å². The van der Waals surface area contributed by atoms with Gasteiger partial charge in [0, 0.05) is 37.6 Å². The van der Waals surface area contributed by atoms with Crippen molar-refractivity contribution >= 4 is 17.0 Å². The van der Waals surface area contributed by atoms with Crippen LogP contribution in [0, 0.1) is 13.8 Å². The van der Waals surface area contributed by atoms with Crippen LogP contribution in [0.4, 0.5) is 5.69 Å². The van der Waals surface area contributed by atoms with Gasteiger partial charge in [0.1, 0.15) is 5.75 Å². The number of hydrogen-bond acceptors (Lipinski definition) is 5. The number of hydrogen-bond donors (Lipinski definition) is 0. The minimum absolute atomic E-state index is 0.963. The van der Waals surface area contributed by atoms with Gasteiger partial charge < -0.3 is 9.64 Å². The number of ether oxygens (including phenoxy) is 1. The monoisotopic (exact) mass is 317 g/mol. The van der Waals surface area contributed by atoms with Gasteiger partial charge in [-0.2, -0.15) is 0 Å². The summed E-state index contributed by atoms with van der Waals surface area (Å²) in [5.41, 5.74) is 2.39. The van der Waals surface area contributed by atoms with E-state index in [2.05, 4.69) is 40.8 Å². The summed E-state index contributed by atoms with van der Waals surface area (Å²) in [4.78, 5) is 10.9. The van der Waals surface area contributed by atoms with E-state index in [1.807, 2.05) is 23.5 Å². The van der Waals surface area contributed by atoms with Crippen LogP contribution in [0.5, 0.6) is 5.75 Å². The van der Waals surface area contributed by atoms with Gasteiger partial charge in [-0.25, -0.2) is 4.98 Å². The molecule has 0 atom stereocenters. The van der Waals surface area contributed by atoms with Gasteiger partial charge in [-0.05, 0) is 26.0 Å². The van der Waals surface area contributed by atoms with E-state index >= 15 is 0 Å². The van der Waals surface area contributed by atoms with E-state index in [1.165, 1.54) is 21.3 Å². The molecule has 1 aliphatic heterocycles. The normalized spacial score (nSPS) is 16.0. The molecule has 1 aromatic carbocycles. The molecule has 0 saturated carbocycles. The third-order valence-corrected chi connectivity index (χ3v) is 5.22. The molecule has 1 aromatic heterocycles. The molecule has 0 unspecified atom stereocenters. The second kappa shape index (κ2) is 6.67. The Hall–Kier alpha value is -1.59. The third-order valence-electron chi connectivity index (χ3n) is 4.16. The molecule has 2 heterocycles. The summed E-state index contributed by atoms with van der Waals surface area (Å²) >= 11 is 1.82. The zero-order valence-corrected chi connectivity index (χ0v) is 14.3. The van der Waals surface area contributed by atoms with Crippen LogP contribution >= 0.6 is 11.3 Å². The van der Waals surface area contributed by atoms with Gasteiger partial charge in [0.15, 0.2) is 0 Å². The molecule has 0 bridgehead atoms. The highest BCUT2D eigenvalue weighted by Crippen LogP contribution is 2.29. The Balaban J connectivity index is 1.62. The number of rotatable bonds is 4. The maximum Gasteiger partial charge on any atom is 0.142 e. The molecule has 4 nitrogen and oxygen atoms in total. The fourth-order valence-corrected chi connectivity index (χ4v) is 3.94. The zero-order chi connectivity index (χ0) is 15.5. The average molecular weight is 317 g/mol. The van der Waals surface area contributed by atoms with Crippen molar-refractivity contribution in [3.63, 3.8) is 0 Å². The lowest BCUT2D eigenvalue weighted by Crippen LogP contribution is -2.46. The van der Waals surface area contributed by atoms with E-state index in [9.17, 15) is 0 Å². The molecule has 1 aliphatic rings. The number of piperazine rings is 1. The van der Waals surface area contributed by atoms with E-state index < -0.39 is 0 Å². The number of para-hydroxylation sites is 2. The standard InChI is InChI=1S/C17H23N3OS/c1-13-17(22-14(2)18-13)12-19-8-10-20(11-9-19)15-6-4-5-7-16(15)21-3/h4-7H,8-12H2,1-3H3. The Bertz CT molecular complexity index is 633. The van der Waals surface area contributed by atoms with Gasteiger partial charge in [-0.3, -0.25) is 4.90 Å². The molecule has 0 N–H and O–H groups in total. The van der Waals surface area contributed by atoms with Crippen molar-refractivity contribution in [2.24, 2.45) is 0 Å². The largest absolute Gasteiger partial charge is 0.495 e. The van der Waals surface area contributed by atoms with Crippen molar-refractivity contribution in [1.82, 2.24) is 9.88 Å². The summed E-state index contributed by atoms with van der Waals surface area (Å²) < 4.78 is 5.48. The highest BCUT2D eigenvalue weighted by Gasteiger charge is 2.20. The van der Waals surface area contributed by atoms with Crippen LogP contribution in [0.3, 0.4) is 0 Å². The Morgan fingerprint density at radius 1 is 1.14 bits per heavy atom. The SMILES string of the molecule is COc1ccccc1N1CCN(Cc2sc(C)nc2C)CC1. The topological polar surface area (TPSA) is 28.6 Å². The van der Waals surface area contributed by atoms with Crippen LogP contribution in [-0.2, 0) is 6.54 Å². The summed E-state index contributed by atoms with van der Waals surface area (Å²) in [5.74, 6) is 0.963. The number of nitrogens with zero attached hydrogens (tertiary/aromatic N) is 3. The van der Waals surface area contributed by atoms with Crippen LogP contribution in [0.15, 0.2) is 24.3 Å². The lowest BCUT2D eigenvalue weighted by atomic mass is 10.2. The van der Waals surface area contributed by atoms with Crippen molar-refractivity contribution in [2.45, 2.75) is 20.4 Å². The van der Waals surface area contributed by atoms with Crippen LogP contribution in [0.2, 0.25) is 0 Å². The van der Waals surface area contributed by atoms with Crippen molar-refractivity contribution in [3.8, 4) is 5.75 Å². The van der Waals surface area contributed by atoms with Gasteiger partial charge in [0.05, 0.1) is 23.5 Å². The maximum atomic E-state index is 5.48. The van der Waals surface area contributed by atoms with Crippen LogP contribution < -0.4 is 9.64 Å². The van der Waals surface area contributed by atoms with Gasteiger partial charge in [-0.1, -0.05) is 12.1 Å². The van der Waals surface area contributed by atoms with Gasteiger partial charge in [0.2, 0.25) is 0 Å². The van der Waals surface area contributed by atoms with Gasteiger partial charge in [-0.15, -0.1) is 11.3 Å². The number of benzene rings is 1. The summed E-state index contributed by atoms with van der Waals surface area (Å²) in [6, 6.07) is 8.28. The quantitative estimate of drug-likeness (QED) is 0.866. The van der Waals surface area contributed by atoms with Crippen molar-refractivity contribution in [1.29, 1.82) is 0 Å². The Kier molecular flexibility index (Phi) is 4.64. The molecule has 5 heteroatoms. The summed E-state index contributed by atoms with van der Waals surface area (Å²) in [6.07, 6.45) is 0. The smallest absolute Gasteiger partial charge is 0.142 e. The predicted molar refractivity (Wildman–Crippen MR) is 92.1 cm³/mol. The first-order valence-electron chi connectivity index (χ1n) is 7.70. The Labute approximate surface area is 136 Å². The second-order valence-corrected chi connectivity index (χ2v) is 6.96. The minimum atomic E-state index is 0.963. The molecule has 1 fully saturated rings. The molecule has 0 radical (unpaired) electrons. The summed E-state index contributed by atoms with van der Waals surface area (Å²) in [7, 11) is 1.74. The van der Waals surface area contributed by atoms with Crippen molar-refractivity contribution in [2.75, 3.05) is 38.2 Å². The van der Waals surface area contributed by atoms with Gasteiger partial charge in [0.25, 0.3) is 0 Å². The van der Waals surface area contributed by atoms with Crippen LogP contribution in [0.25, 0.3) is 0 Å². The molecule has 0 amide bonds. The fraction of sp³-hybridized carbons (Fsp3) is 0.471. The Morgan fingerprint density at radius 2 is 1.86 bits per heavy atom. The van der Waals surface area contributed by atoms with E-state index in [1.54, 1.807) is 7.11 Å². The maximum absolute atomic E-state index is 5.48. The molecule has 118 valence electrons. The number of methoxy groups -OCH3 is 1. The molecule has 0 aliphatic carbocycles. The second-order valence-electron chi connectivity index (χ2n) is 5.68. The Morgan fingerprint density at radius 3 is 2.50 bits per heavy atom. The molecule has 2 aromatic rings. The lowest BCUT2D eigenvalue weighted by molar-refractivity contribution is 0.250. The van der Waals surface area contributed by atoms with Crippen molar-refractivity contribution < 1.29 is 4.74 Å². The first kappa shape index (κ1) is 15.3. The first-order valence-corrected chi connectivity index (χ1v) is 8.52. The zero-order valence-electron chi connectivity index (χ0n) is 13.5. The summed E-state index contributed by atoms with van der Waals surface area (Å²) in [6.45, 7) is 9.46. The molecule has 22 heavy (non-hydrogen) atoms. The molecule has 3 rings (SSSR count). The number of thiazole rings is 1. The molecular formula is C17H23N3OS. The third kappa shape index (κ3) is 3.25. The molecule has 0 spiro atoms. The molecule has 1 saturated heterocycles. The van der Waals surface area contributed by atoms with E-state index in [0.29, 0.717) is 0 Å². The van der Waals surface area contributed by atoms with Crippen molar-refractivity contribution in [3.05, 3.63) is 39.8 Å². The predicted octanol–water partition coefficient (Wildman–Crippen LogP) is 3.09. The van der Waals surface area contributed by atoms with Crippen LogP contribution in [-0.4, -0.2) is 43.2 Å². The average Bonchev–Trinajstić information content (AvgIpc) is 2.85. The number of aromatic nitrogens is 1. The summed E-state index contributed by atoms with van der Waals surface area (Å²) in [5, 5.41) is 1.17. The van der Waals surface area contributed by atoms with Crippen LogP contribution in [0.1, 0.15) is 15.6 Å². The molecular weight excluding hydrogens is 294 g/mol. The minimum Gasteiger partial charge on any atom is -0.495 e. The lowest BCUT2D eigenvalue weighted by Gasteiger charge is -2.36. The number of anilines is 1.